The molecule has 1 heterocycles. The van der Waals surface area contributed by atoms with Crippen LogP contribution in [0.3, 0.4) is 0 Å². The molecule has 0 atom stereocenters. The highest BCUT2D eigenvalue weighted by atomic mass is 32.2. The second kappa shape index (κ2) is 4.60. The van der Waals surface area contributed by atoms with Crippen LogP contribution >= 0.6 is 0 Å². The van der Waals surface area contributed by atoms with Crippen LogP contribution in [0.15, 0.2) is 0 Å². The first-order chi connectivity index (χ1) is 6.15. The number of nitrogens with zero attached hydrogens (tertiary/aromatic N) is 2. The average Bonchev–Trinajstić information content (AvgIpc) is 2.17. The molecule has 4 nitrogen and oxygen atoms in total. The lowest BCUT2D eigenvalue weighted by Gasteiger charge is -2.30. The van der Waals surface area contributed by atoms with Gasteiger partial charge < -0.3 is 9.80 Å². The first kappa shape index (κ1) is 10.5. The largest absolute Gasteiger partial charge is 0.328 e. The van der Waals surface area contributed by atoms with Crippen LogP contribution in [0.5, 0.6) is 0 Å². The van der Waals surface area contributed by atoms with Crippen molar-refractivity contribution in [1.82, 2.24) is 9.80 Å². The topological polar surface area (TPSA) is 40.6 Å². The van der Waals surface area contributed by atoms with Gasteiger partial charge in [0, 0.05) is 49.0 Å². The first-order valence-corrected chi connectivity index (χ1v) is 5.99. The van der Waals surface area contributed by atoms with Gasteiger partial charge >= 0.3 is 6.03 Å². The van der Waals surface area contributed by atoms with Crippen molar-refractivity contribution in [3.63, 3.8) is 0 Å². The van der Waals surface area contributed by atoms with Crippen molar-refractivity contribution >= 4 is 16.8 Å². The number of rotatable bonds is 1. The molecule has 1 rings (SSSR count). The SMILES string of the molecule is CCN(C)C(=O)N1CCS(=O)CC1. The molecule has 1 aliphatic heterocycles. The summed E-state index contributed by atoms with van der Waals surface area (Å²) in [6.07, 6.45) is 0. The van der Waals surface area contributed by atoms with Crippen molar-refractivity contribution in [3.8, 4) is 0 Å². The number of carbonyl (C=O) groups is 1. The fraction of sp³-hybridized carbons (Fsp3) is 0.875. The van der Waals surface area contributed by atoms with Gasteiger partial charge in [-0.1, -0.05) is 0 Å². The quantitative estimate of drug-likeness (QED) is 0.609. The molecule has 5 heteroatoms. The van der Waals surface area contributed by atoms with Crippen LogP contribution in [-0.4, -0.2) is 58.2 Å². The molecule has 0 saturated carbocycles. The number of amides is 2. The average molecular weight is 204 g/mol. The zero-order chi connectivity index (χ0) is 9.84. The van der Waals surface area contributed by atoms with Crippen molar-refractivity contribution in [2.24, 2.45) is 0 Å². The molecule has 0 aromatic heterocycles. The highest BCUT2D eigenvalue weighted by Crippen LogP contribution is 2.03. The molecular weight excluding hydrogens is 188 g/mol. The molecule has 0 N–H and O–H groups in total. The monoisotopic (exact) mass is 204 g/mol. The Balaban J connectivity index is 2.44. The molecule has 1 saturated heterocycles. The summed E-state index contributed by atoms with van der Waals surface area (Å²) in [6.45, 7) is 3.93. The molecule has 1 fully saturated rings. The molecule has 0 radical (unpaired) electrons. The summed E-state index contributed by atoms with van der Waals surface area (Å²) in [5.74, 6) is 1.26. The summed E-state index contributed by atoms with van der Waals surface area (Å²) in [5, 5.41) is 0. The standard InChI is InChI=1S/C8H16N2O2S/c1-3-9(2)8(11)10-4-6-13(12)7-5-10/h3-7H2,1-2H3. The van der Waals surface area contributed by atoms with E-state index in [-0.39, 0.29) is 6.03 Å². The molecule has 0 aromatic rings. The summed E-state index contributed by atoms with van der Waals surface area (Å²) in [6, 6.07) is 0.0548. The lowest BCUT2D eigenvalue weighted by molar-refractivity contribution is 0.169. The number of carbonyl (C=O) groups excluding carboxylic acids is 1. The van der Waals surface area contributed by atoms with E-state index < -0.39 is 10.8 Å². The van der Waals surface area contributed by atoms with Gasteiger partial charge in [-0.2, -0.15) is 0 Å². The van der Waals surface area contributed by atoms with Gasteiger partial charge in [-0.25, -0.2) is 4.79 Å². The maximum Gasteiger partial charge on any atom is 0.319 e. The van der Waals surface area contributed by atoms with Crippen LogP contribution < -0.4 is 0 Å². The second-order valence-electron chi connectivity index (χ2n) is 3.13. The molecular formula is C8H16N2O2S. The highest BCUT2D eigenvalue weighted by Gasteiger charge is 2.21. The minimum atomic E-state index is -0.705. The Morgan fingerprint density at radius 1 is 1.46 bits per heavy atom. The van der Waals surface area contributed by atoms with Crippen molar-refractivity contribution in [2.75, 3.05) is 38.2 Å². The molecule has 1 aliphatic rings. The predicted molar refractivity (Wildman–Crippen MR) is 53.1 cm³/mol. The molecule has 2 amide bonds. The molecule has 0 aliphatic carbocycles. The minimum Gasteiger partial charge on any atom is -0.328 e. The zero-order valence-electron chi connectivity index (χ0n) is 8.15. The van der Waals surface area contributed by atoms with E-state index in [0.717, 1.165) is 6.54 Å². The third-order valence-electron chi connectivity index (χ3n) is 2.25. The van der Waals surface area contributed by atoms with Crippen molar-refractivity contribution in [1.29, 1.82) is 0 Å². The van der Waals surface area contributed by atoms with E-state index >= 15 is 0 Å². The Hall–Kier alpha value is -0.580. The van der Waals surface area contributed by atoms with Crippen LogP contribution in [-0.2, 0) is 10.8 Å². The van der Waals surface area contributed by atoms with Crippen molar-refractivity contribution in [2.45, 2.75) is 6.92 Å². The minimum absolute atomic E-state index is 0.0548. The van der Waals surface area contributed by atoms with Gasteiger partial charge in [0.15, 0.2) is 0 Å². The van der Waals surface area contributed by atoms with Gasteiger partial charge in [-0.3, -0.25) is 4.21 Å². The fourth-order valence-electron chi connectivity index (χ4n) is 1.21. The van der Waals surface area contributed by atoms with Gasteiger partial charge in [0.1, 0.15) is 0 Å². The Labute approximate surface area is 81.3 Å². The van der Waals surface area contributed by atoms with Crippen LogP contribution in [0.25, 0.3) is 0 Å². The number of urea groups is 1. The fourth-order valence-corrected chi connectivity index (χ4v) is 2.26. The molecule has 76 valence electrons. The van der Waals surface area contributed by atoms with E-state index in [1.165, 1.54) is 0 Å². The first-order valence-electron chi connectivity index (χ1n) is 4.50. The molecule has 13 heavy (non-hydrogen) atoms. The van der Waals surface area contributed by atoms with E-state index in [0.29, 0.717) is 24.6 Å². The van der Waals surface area contributed by atoms with Crippen molar-refractivity contribution in [3.05, 3.63) is 0 Å². The molecule has 0 bridgehead atoms. The van der Waals surface area contributed by atoms with Crippen LogP contribution in [0.1, 0.15) is 6.92 Å². The molecule has 0 unspecified atom stereocenters. The third kappa shape index (κ3) is 2.69. The van der Waals surface area contributed by atoms with E-state index in [2.05, 4.69) is 0 Å². The summed E-state index contributed by atoms with van der Waals surface area (Å²) in [5.41, 5.74) is 0. The van der Waals surface area contributed by atoms with E-state index in [4.69, 9.17) is 0 Å². The lowest BCUT2D eigenvalue weighted by atomic mass is 10.5. The van der Waals surface area contributed by atoms with Gasteiger partial charge in [0.25, 0.3) is 0 Å². The lowest BCUT2D eigenvalue weighted by Crippen LogP contribution is -2.47. The molecule has 0 aromatic carbocycles. The number of hydrogen-bond acceptors (Lipinski definition) is 2. The predicted octanol–water partition coefficient (Wildman–Crippen LogP) is 0.122. The summed E-state index contributed by atoms with van der Waals surface area (Å²) < 4.78 is 11.0. The van der Waals surface area contributed by atoms with Gasteiger partial charge in [0.2, 0.25) is 0 Å². The Bertz CT molecular complexity index is 210. The van der Waals surface area contributed by atoms with E-state index in [9.17, 15) is 9.00 Å². The normalized spacial score (nSPS) is 18.8. The highest BCUT2D eigenvalue weighted by molar-refractivity contribution is 7.85. The van der Waals surface area contributed by atoms with Crippen molar-refractivity contribution < 1.29 is 9.00 Å². The van der Waals surface area contributed by atoms with Crippen LogP contribution in [0, 0.1) is 0 Å². The Kier molecular flexibility index (Phi) is 3.71. The summed E-state index contributed by atoms with van der Waals surface area (Å²) in [4.78, 5) is 15.0. The van der Waals surface area contributed by atoms with Crippen LogP contribution in [0.4, 0.5) is 4.79 Å². The third-order valence-corrected chi connectivity index (χ3v) is 3.52. The second-order valence-corrected chi connectivity index (χ2v) is 4.83. The Morgan fingerprint density at radius 2 is 2.00 bits per heavy atom. The maximum absolute atomic E-state index is 11.6. The van der Waals surface area contributed by atoms with Gasteiger partial charge in [0.05, 0.1) is 0 Å². The number of hydrogen-bond donors (Lipinski definition) is 0. The van der Waals surface area contributed by atoms with E-state index in [1.54, 1.807) is 16.8 Å². The Morgan fingerprint density at radius 3 is 2.46 bits per heavy atom. The zero-order valence-corrected chi connectivity index (χ0v) is 8.97. The van der Waals surface area contributed by atoms with Gasteiger partial charge in [-0.05, 0) is 6.92 Å². The molecule has 0 spiro atoms. The van der Waals surface area contributed by atoms with Crippen LogP contribution in [0.2, 0.25) is 0 Å². The van der Waals surface area contributed by atoms with Gasteiger partial charge in [-0.15, -0.1) is 0 Å². The summed E-state index contributed by atoms with van der Waals surface area (Å²) in [7, 11) is 1.08. The maximum atomic E-state index is 11.6. The smallest absolute Gasteiger partial charge is 0.319 e. The van der Waals surface area contributed by atoms with E-state index in [1.807, 2.05) is 6.92 Å². The summed E-state index contributed by atoms with van der Waals surface area (Å²) >= 11 is 0.